The zero-order valence-corrected chi connectivity index (χ0v) is 12.6. The monoisotopic (exact) mass is 286 g/mol. The van der Waals surface area contributed by atoms with Crippen LogP contribution in [0.25, 0.3) is 10.9 Å². The Morgan fingerprint density at radius 3 is 2.90 bits per heavy atom. The third-order valence-electron chi connectivity index (χ3n) is 4.12. The minimum atomic E-state index is 0.119. The van der Waals surface area contributed by atoms with Crippen molar-refractivity contribution in [3.63, 3.8) is 0 Å². The highest BCUT2D eigenvalue weighted by molar-refractivity contribution is 7.99. The lowest BCUT2D eigenvalue weighted by atomic mass is 10.0. The lowest BCUT2D eigenvalue weighted by Gasteiger charge is -2.22. The first-order valence-corrected chi connectivity index (χ1v) is 8.60. The summed E-state index contributed by atoms with van der Waals surface area (Å²) in [5.41, 5.74) is 8.61. The summed E-state index contributed by atoms with van der Waals surface area (Å²) in [6, 6.07) is 10.6. The van der Waals surface area contributed by atoms with Gasteiger partial charge in [0.1, 0.15) is 0 Å². The van der Waals surface area contributed by atoms with Gasteiger partial charge in [-0.2, -0.15) is 11.8 Å². The predicted octanol–water partition coefficient (Wildman–Crippen LogP) is 4.30. The minimum Gasteiger partial charge on any atom is -0.323 e. The van der Waals surface area contributed by atoms with Gasteiger partial charge >= 0.3 is 0 Å². The van der Waals surface area contributed by atoms with E-state index in [-0.39, 0.29) is 6.04 Å². The third-order valence-corrected chi connectivity index (χ3v) is 5.62. The molecule has 1 atom stereocenters. The van der Waals surface area contributed by atoms with Crippen LogP contribution in [0, 0.1) is 0 Å². The molecule has 0 bridgehead atoms. The topological polar surface area (TPSA) is 38.9 Å². The maximum Gasteiger partial charge on any atom is 0.0705 e. The van der Waals surface area contributed by atoms with Crippen LogP contribution in [0.15, 0.2) is 36.5 Å². The molecule has 106 valence electrons. The van der Waals surface area contributed by atoms with Crippen LogP contribution in [0.4, 0.5) is 0 Å². The van der Waals surface area contributed by atoms with Crippen LogP contribution in [0.3, 0.4) is 0 Å². The fourth-order valence-corrected chi connectivity index (χ4v) is 4.22. The van der Waals surface area contributed by atoms with Crippen molar-refractivity contribution in [2.75, 3.05) is 5.75 Å². The molecule has 1 unspecified atom stereocenters. The van der Waals surface area contributed by atoms with Gasteiger partial charge in [-0.3, -0.25) is 4.98 Å². The van der Waals surface area contributed by atoms with Crippen molar-refractivity contribution in [3.8, 4) is 0 Å². The predicted molar refractivity (Wildman–Crippen MR) is 88.0 cm³/mol. The summed E-state index contributed by atoms with van der Waals surface area (Å²) in [5.74, 6) is 1.02. The molecule has 3 heteroatoms. The fourth-order valence-electron chi connectivity index (χ4n) is 2.88. The molecule has 2 aromatic rings. The molecule has 1 fully saturated rings. The second-order valence-corrected chi connectivity index (χ2v) is 6.99. The molecule has 0 amide bonds. The third kappa shape index (κ3) is 3.33. The van der Waals surface area contributed by atoms with E-state index in [1.54, 1.807) is 0 Å². The quantitative estimate of drug-likeness (QED) is 0.910. The average Bonchev–Trinajstić information content (AvgIpc) is 2.53. The molecular formula is C17H22N2S. The van der Waals surface area contributed by atoms with E-state index in [2.05, 4.69) is 41.0 Å². The van der Waals surface area contributed by atoms with Gasteiger partial charge in [0.2, 0.25) is 0 Å². The highest BCUT2D eigenvalue weighted by atomic mass is 32.2. The van der Waals surface area contributed by atoms with Gasteiger partial charge in [0, 0.05) is 28.6 Å². The number of nitrogens with two attached hydrogens (primary N) is 1. The minimum absolute atomic E-state index is 0.119. The van der Waals surface area contributed by atoms with E-state index in [9.17, 15) is 0 Å². The number of hydrogen-bond acceptors (Lipinski definition) is 3. The van der Waals surface area contributed by atoms with Crippen molar-refractivity contribution >= 4 is 22.7 Å². The van der Waals surface area contributed by atoms with Crippen LogP contribution in [0.2, 0.25) is 0 Å². The summed E-state index contributed by atoms with van der Waals surface area (Å²) in [6.07, 6.45) is 8.79. The van der Waals surface area contributed by atoms with E-state index in [0.717, 1.165) is 16.5 Å². The molecule has 3 rings (SSSR count). The van der Waals surface area contributed by atoms with E-state index in [4.69, 9.17) is 5.73 Å². The van der Waals surface area contributed by atoms with Crippen molar-refractivity contribution in [1.82, 2.24) is 4.98 Å². The Balaban J connectivity index is 1.64. The Kier molecular flexibility index (Phi) is 4.58. The zero-order chi connectivity index (χ0) is 13.8. The number of benzene rings is 1. The van der Waals surface area contributed by atoms with Crippen molar-refractivity contribution in [2.45, 2.75) is 43.4 Å². The van der Waals surface area contributed by atoms with Crippen molar-refractivity contribution in [1.29, 1.82) is 0 Å². The Morgan fingerprint density at radius 2 is 2.05 bits per heavy atom. The van der Waals surface area contributed by atoms with Crippen LogP contribution in [0.1, 0.15) is 43.7 Å². The Morgan fingerprint density at radius 1 is 1.20 bits per heavy atom. The van der Waals surface area contributed by atoms with Gasteiger partial charge < -0.3 is 5.73 Å². The number of aromatic nitrogens is 1. The van der Waals surface area contributed by atoms with Crippen LogP contribution >= 0.6 is 11.8 Å². The molecule has 1 aliphatic rings. The van der Waals surface area contributed by atoms with Gasteiger partial charge in [-0.05, 0) is 30.5 Å². The molecule has 2 N–H and O–H groups in total. The largest absolute Gasteiger partial charge is 0.323 e. The van der Waals surface area contributed by atoms with Crippen molar-refractivity contribution in [3.05, 3.63) is 42.1 Å². The van der Waals surface area contributed by atoms with Gasteiger partial charge in [0.15, 0.2) is 0 Å². The van der Waals surface area contributed by atoms with E-state index < -0.39 is 0 Å². The second-order valence-electron chi connectivity index (χ2n) is 5.66. The molecule has 1 aromatic carbocycles. The maximum atomic E-state index is 6.35. The first kappa shape index (κ1) is 13.9. The fraction of sp³-hybridized carbons (Fsp3) is 0.471. The molecule has 0 aliphatic heterocycles. The molecule has 2 nitrogen and oxygen atoms in total. The molecule has 1 aliphatic carbocycles. The first-order chi connectivity index (χ1) is 9.83. The molecule has 0 radical (unpaired) electrons. The number of thioether (sulfide) groups is 1. The van der Waals surface area contributed by atoms with Gasteiger partial charge in [0.05, 0.1) is 5.52 Å². The molecule has 20 heavy (non-hydrogen) atoms. The highest BCUT2D eigenvalue weighted by Gasteiger charge is 2.16. The summed E-state index contributed by atoms with van der Waals surface area (Å²) >= 11 is 2.06. The number of rotatable bonds is 4. The summed E-state index contributed by atoms with van der Waals surface area (Å²) in [7, 11) is 0. The lowest BCUT2D eigenvalue weighted by molar-refractivity contribution is 0.515. The molecular weight excluding hydrogens is 264 g/mol. The van der Waals surface area contributed by atoms with Gasteiger partial charge in [-0.25, -0.2) is 0 Å². The molecule has 1 aromatic heterocycles. The van der Waals surface area contributed by atoms with Crippen LogP contribution < -0.4 is 5.73 Å². The Hall–Kier alpha value is -1.06. The van der Waals surface area contributed by atoms with Gasteiger partial charge in [0.25, 0.3) is 0 Å². The van der Waals surface area contributed by atoms with Gasteiger partial charge in [-0.1, -0.05) is 37.5 Å². The van der Waals surface area contributed by atoms with E-state index >= 15 is 0 Å². The summed E-state index contributed by atoms with van der Waals surface area (Å²) in [4.78, 5) is 4.41. The summed E-state index contributed by atoms with van der Waals surface area (Å²) in [5, 5.41) is 2.01. The smallest absolute Gasteiger partial charge is 0.0705 e. The van der Waals surface area contributed by atoms with E-state index in [0.29, 0.717) is 0 Å². The summed E-state index contributed by atoms with van der Waals surface area (Å²) < 4.78 is 0. The second kappa shape index (κ2) is 6.59. The molecule has 1 saturated carbocycles. The number of pyridine rings is 1. The Bertz CT molecular complexity index is 564. The first-order valence-electron chi connectivity index (χ1n) is 7.55. The maximum absolute atomic E-state index is 6.35. The van der Waals surface area contributed by atoms with Crippen LogP contribution in [-0.2, 0) is 0 Å². The average molecular weight is 286 g/mol. The lowest BCUT2D eigenvalue weighted by Crippen LogP contribution is -2.17. The van der Waals surface area contributed by atoms with Crippen LogP contribution in [0.5, 0.6) is 0 Å². The summed E-state index contributed by atoms with van der Waals surface area (Å²) in [6.45, 7) is 0. The van der Waals surface area contributed by atoms with Crippen LogP contribution in [-0.4, -0.2) is 16.0 Å². The van der Waals surface area contributed by atoms with Crippen molar-refractivity contribution in [2.24, 2.45) is 5.73 Å². The number of hydrogen-bond donors (Lipinski definition) is 1. The molecule has 0 saturated heterocycles. The van der Waals surface area contributed by atoms with E-state index in [1.807, 2.05) is 12.3 Å². The van der Waals surface area contributed by atoms with Crippen molar-refractivity contribution < 1.29 is 0 Å². The Labute approximate surface area is 125 Å². The highest BCUT2D eigenvalue weighted by Crippen LogP contribution is 2.30. The standard InChI is InChI=1S/C17H22N2S/c18-16(12-20-15-6-2-1-3-7-15)14-9-8-13-5-4-10-19-17(13)11-14/h4-5,8-11,15-16H,1-3,6-7,12,18H2. The molecule has 0 spiro atoms. The normalized spacial score (nSPS) is 18.2. The number of fused-ring (bicyclic) bond motifs is 1. The number of nitrogens with zero attached hydrogens (tertiary/aromatic N) is 1. The SMILES string of the molecule is NC(CSC1CCCCC1)c1ccc2cccnc2c1. The zero-order valence-electron chi connectivity index (χ0n) is 11.8. The molecule has 1 heterocycles. The van der Waals surface area contributed by atoms with Gasteiger partial charge in [-0.15, -0.1) is 0 Å². The van der Waals surface area contributed by atoms with E-state index in [1.165, 1.54) is 43.1 Å².